The number of hydrogen-bond acceptors (Lipinski definition) is 3. The van der Waals surface area contributed by atoms with E-state index in [9.17, 15) is 14.0 Å². The van der Waals surface area contributed by atoms with E-state index in [4.69, 9.17) is 0 Å². The average molecular weight is 361 g/mol. The fourth-order valence-corrected chi connectivity index (χ4v) is 3.83. The Morgan fingerprint density at radius 3 is 2.15 bits per heavy atom. The molecule has 2 saturated heterocycles. The van der Waals surface area contributed by atoms with Gasteiger partial charge in [0.05, 0.1) is 0 Å². The Labute approximate surface area is 154 Å². The van der Waals surface area contributed by atoms with Crippen LogP contribution in [-0.4, -0.2) is 65.8 Å². The number of carbonyl (C=O) groups excluding carboxylic acids is 2. The molecule has 142 valence electrons. The van der Waals surface area contributed by atoms with Crippen LogP contribution in [0.15, 0.2) is 24.3 Å². The largest absolute Gasteiger partial charge is 0.343 e. The minimum absolute atomic E-state index is 0.0551. The first-order valence-corrected chi connectivity index (χ1v) is 9.60. The van der Waals surface area contributed by atoms with Crippen LogP contribution in [0.1, 0.15) is 31.7 Å². The standard InChI is InChI=1S/C20H28FN3O2/c1-2-19(25)23-9-7-17(8-10-23)20(26)24-13-11-22(12-14-24)15-16-3-5-18(21)6-4-16/h3-6,17H,2,7-15H2,1H3. The number of nitrogens with zero attached hydrogens (tertiary/aromatic N) is 3. The maximum atomic E-state index is 13.0. The van der Waals surface area contributed by atoms with E-state index in [-0.39, 0.29) is 23.5 Å². The van der Waals surface area contributed by atoms with Gasteiger partial charge in [0.25, 0.3) is 0 Å². The Morgan fingerprint density at radius 1 is 0.962 bits per heavy atom. The third-order valence-corrected chi connectivity index (χ3v) is 5.50. The second-order valence-electron chi connectivity index (χ2n) is 7.24. The number of carbonyl (C=O) groups is 2. The van der Waals surface area contributed by atoms with Gasteiger partial charge in [-0.25, -0.2) is 4.39 Å². The first kappa shape index (κ1) is 18.8. The van der Waals surface area contributed by atoms with E-state index >= 15 is 0 Å². The lowest BCUT2D eigenvalue weighted by molar-refractivity contribution is -0.142. The van der Waals surface area contributed by atoms with Crippen LogP contribution in [0.4, 0.5) is 4.39 Å². The van der Waals surface area contributed by atoms with Crippen molar-refractivity contribution in [2.45, 2.75) is 32.7 Å². The highest BCUT2D eigenvalue weighted by molar-refractivity contribution is 5.80. The minimum Gasteiger partial charge on any atom is -0.343 e. The predicted molar refractivity (Wildman–Crippen MR) is 97.9 cm³/mol. The van der Waals surface area contributed by atoms with E-state index in [2.05, 4.69) is 4.90 Å². The molecule has 0 N–H and O–H groups in total. The summed E-state index contributed by atoms with van der Waals surface area (Å²) in [6.45, 7) is 7.25. The van der Waals surface area contributed by atoms with E-state index in [0.717, 1.165) is 51.1 Å². The van der Waals surface area contributed by atoms with Crippen molar-refractivity contribution in [3.63, 3.8) is 0 Å². The van der Waals surface area contributed by atoms with Crippen LogP contribution in [-0.2, 0) is 16.1 Å². The second-order valence-corrected chi connectivity index (χ2v) is 7.24. The van der Waals surface area contributed by atoms with E-state index < -0.39 is 0 Å². The number of amides is 2. The Balaban J connectivity index is 1.44. The molecule has 1 aromatic carbocycles. The van der Waals surface area contributed by atoms with Crippen molar-refractivity contribution in [2.75, 3.05) is 39.3 Å². The van der Waals surface area contributed by atoms with E-state index in [1.165, 1.54) is 12.1 Å². The third-order valence-electron chi connectivity index (χ3n) is 5.50. The molecule has 0 atom stereocenters. The van der Waals surface area contributed by atoms with E-state index in [0.29, 0.717) is 19.5 Å². The molecule has 2 heterocycles. The molecule has 3 rings (SSSR count). The van der Waals surface area contributed by atoms with Gasteiger partial charge >= 0.3 is 0 Å². The Kier molecular flexibility index (Phi) is 6.25. The number of halogens is 1. The molecule has 0 aliphatic carbocycles. The van der Waals surface area contributed by atoms with Crippen LogP contribution < -0.4 is 0 Å². The zero-order valence-corrected chi connectivity index (χ0v) is 15.5. The summed E-state index contributed by atoms with van der Waals surface area (Å²) in [5.74, 6) is 0.274. The first-order valence-electron chi connectivity index (χ1n) is 9.60. The monoisotopic (exact) mass is 361 g/mol. The van der Waals surface area contributed by atoms with Gasteiger partial charge in [0.2, 0.25) is 11.8 Å². The van der Waals surface area contributed by atoms with E-state index in [1.54, 1.807) is 0 Å². The summed E-state index contributed by atoms with van der Waals surface area (Å²) in [6, 6.07) is 6.62. The van der Waals surface area contributed by atoms with Crippen molar-refractivity contribution in [3.05, 3.63) is 35.6 Å². The van der Waals surface area contributed by atoms with Gasteiger partial charge in [-0.1, -0.05) is 19.1 Å². The van der Waals surface area contributed by atoms with Gasteiger partial charge in [0, 0.05) is 58.2 Å². The molecule has 0 saturated carbocycles. The van der Waals surface area contributed by atoms with Gasteiger partial charge in [0.1, 0.15) is 5.82 Å². The molecule has 2 aliphatic heterocycles. The summed E-state index contributed by atoms with van der Waals surface area (Å²) >= 11 is 0. The molecule has 1 aromatic rings. The average Bonchev–Trinajstić information content (AvgIpc) is 2.69. The van der Waals surface area contributed by atoms with Gasteiger partial charge in [-0.3, -0.25) is 14.5 Å². The Hall–Kier alpha value is -1.95. The van der Waals surface area contributed by atoms with Crippen LogP contribution in [0.3, 0.4) is 0 Å². The van der Waals surface area contributed by atoms with Crippen molar-refractivity contribution in [3.8, 4) is 0 Å². The van der Waals surface area contributed by atoms with Crippen LogP contribution in [0.2, 0.25) is 0 Å². The maximum Gasteiger partial charge on any atom is 0.225 e. The van der Waals surface area contributed by atoms with Crippen molar-refractivity contribution in [2.24, 2.45) is 5.92 Å². The highest BCUT2D eigenvalue weighted by Crippen LogP contribution is 2.21. The highest BCUT2D eigenvalue weighted by Gasteiger charge is 2.31. The van der Waals surface area contributed by atoms with Crippen LogP contribution in [0, 0.1) is 11.7 Å². The maximum absolute atomic E-state index is 13.0. The van der Waals surface area contributed by atoms with Crippen LogP contribution in [0.25, 0.3) is 0 Å². The van der Waals surface area contributed by atoms with Crippen molar-refractivity contribution < 1.29 is 14.0 Å². The van der Waals surface area contributed by atoms with Crippen molar-refractivity contribution in [1.82, 2.24) is 14.7 Å². The normalized spacial score (nSPS) is 19.6. The number of likely N-dealkylation sites (tertiary alicyclic amines) is 1. The molecule has 26 heavy (non-hydrogen) atoms. The second kappa shape index (κ2) is 8.62. The van der Waals surface area contributed by atoms with Crippen molar-refractivity contribution >= 4 is 11.8 Å². The summed E-state index contributed by atoms with van der Waals surface area (Å²) in [6.07, 6.45) is 2.09. The molecule has 2 fully saturated rings. The molecule has 2 aliphatic rings. The SMILES string of the molecule is CCC(=O)N1CCC(C(=O)N2CCN(Cc3ccc(F)cc3)CC2)CC1. The molecule has 5 nitrogen and oxygen atoms in total. The fraction of sp³-hybridized carbons (Fsp3) is 0.600. The molecular weight excluding hydrogens is 333 g/mol. The Bertz CT molecular complexity index is 618. The summed E-state index contributed by atoms with van der Waals surface area (Å²) in [5.41, 5.74) is 1.10. The van der Waals surface area contributed by atoms with Gasteiger partial charge in [0.15, 0.2) is 0 Å². The zero-order valence-electron chi connectivity index (χ0n) is 15.5. The molecular formula is C20H28FN3O2. The fourth-order valence-electron chi connectivity index (χ4n) is 3.83. The van der Waals surface area contributed by atoms with Gasteiger partial charge < -0.3 is 9.80 Å². The van der Waals surface area contributed by atoms with E-state index in [1.807, 2.05) is 28.9 Å². The minimum atomic E-state index is -0.212. The lowest BCUT2D eigenvalue weighted by atomic mass is 9.94. The predicted octanol–water partition coefficient (Wildman–Crippen LogP) is 2.12. The summed E-state index contributed by atoms with van der Waals surface area (Å²) in [7, 11) is 0. The summed E-state index contributed by atoms with van der Waals surface area (Å²) in [4.78, 5) is 30.7. The van der Waals surface area contributed by atoms with Gasteiger partial charge in [-0.05, 0) is 30.5 Å². The number of benzene rings is 1. The first-order chi connectivity index (χ1) is 12.6. The van der Waals surface area contributed by atoms with Gasteiger partial charge in [-0.15, -0.1) is 0 Å². The quantitative estimate of drug-likeness (QED) is 0.825. The lowest BCUT2D eigenvalue weighted by Crippen LogP contribution is -2.51. The topological polar surface area (TPSA) is 43.9 Å². The summed E-state index contributed by atoms with van der Waals surface area (Å²) in [5, 5.41) is 0. The molecule has 2 amide bonds. The smallest absolute Gasteiger partial charge is 0.225 e. The molecule has 0 spiro atoms. The number of rotatable bonds is 4. The molecule has 0 bridgehead atoms. The number of hydrogen-bond donors (Lipinski definition) is 0. The van der Waals surface area contributed by atoms with Crippen LogP contribution in [0.5, 0.6) is 0 Å². The van der Waals surface area contributed by atoms with Gasteiger partial charge in [-0.2, -0.15) is 0 Å². The number of piperidine rings is 1. The van der Waals surface area contributed by atoms with Crippen LogP contribution >= 0.6 is 0 Å². The molecule has 6 heteroatoms. The molecule has 0 radical (unpaired) electrons. The zero-order chi connectivity index (χ0) is 18.5. The molecule has 0 aromatic heterocycles. The Morgan fingerprint density at radius 2 is 1.58 bits per heavy atom. The highest BCUT2D eigenvalue weighted by atomic mass is 19.1. The number of piperazine rings is 1. The summed E-state index contributed by atoms with van der Waals surface area (Å²) < 4.78 is 13.0. The third kappa shape index (κ3) is 4.61. The van der Waals surface area contributed by atoms with Crippen molar-refractivity contribution in [1.29, 1.82) is 0 Å². The molecule has 0 unspecified atom stereocenters. The lowest BCUT2D eigenvalue weighted by Gasteiger charge is -2.38.